The fourth-order valence-corrected chi connectivity index (χ4v) is 3.90. The van der Waals surface area contributed by atoms with E-state index in [-0.39, 0.29) is 11.2 Å². The molecule has 0 heterocycles. The standard InChI is InChI=1S/C18H28N2OS2/c1-7-20(8-2)18(22)23-14(6)17(21)19-16-13(5)10-9-11-15(16)12(3)4/h9-12,14H,7-8H2,1-6H3,(H,19,21)/t14-/m1/s1. The highest BCUT2D eigenvalue weighted by Crippen LogP contribution is 2.28. The van der Waals surface area contributed by atoms with E-state index in [4.69, 9.17) is 12.2 Å². The Balaban J connectivity index is 2.82. The maximum absolute atomic E-state index is 12.6. The molecule has 23 heavy (non-hydrogen) atoms. The number of aryl methyl sites for hydroxylation is 1. The van der Waals surface area contributed by atoms with E-state index in [1.54, 1.807) is 0 Å². The lowest BCUT2D eigenvalue weighted by Crippen LogP contribution is -2.31. The average Bonchev–Trinajstić information content (AvgIpc) is 2.49. The predicted molar refractivity (Wildman–Crippen MR) is 106 cm³/mol. The summed E-state index contributed by atoms with van der Waals surface area (Å²) >= 11 is 6.89. The Morgan fingerprint density at radius 1 is 1.26 bits per heavy atom. The molecular weight excluding hydrogens is 324 g/mol. The van der Waals surface area contributed by atoms with Crippen molar-refractivity contribution in [1.82, 2.24) is 4.90 Å². The van der Waals surface area contributed by atoms with E-state index < -0.39 is 0 Å². The first-order valence-electron chi connectivity index (χ1n) is 8.17. The number of anilines is 1. The van der Waals surface area contributed by atoms with Crippen molar-refractivity contribution in [1.29, 1.82) is 0 Å². The molecule has 0 bridgehead atoms. The first-order chi connectivity index (χ1) is 10.8. The zero-order chi connectivity index (χ0) is 17.6. The summed E-state index contributed by atoms with van der Waals surface area (Å²) in [5, 5.41) is 2.88. The zero-order valence-electron chi connectivity index (χ0n) is 15.0. The molecule has 1 N–H and O–H groups in total. The van der Waals surface area contributed by atoms with Crippen molar-refractivity contribution in [2.75, 3.05) is 18.4 Å². The lowest BCUT2D eigenvalue weighted by atomic mass is 9.98. The van der Waals surface area contributed by atoms with Gasteiger partial charge in [-0.1, -0.05) is 56.0 Å². The normalized spacial score (nSPS) is 12.1. The highest BCUT2D eigenvalue weighted by atomic mass is 32.2. The molecule has 0 radical (unpaired) electrons. The Hall–Kier alpha value is -1.07. The number of thioether (sulfide) groups is 1. The zero-order valence-corrected chi connectivity index (χ0v) is 16.6. The van der Waals surface area contributed by atoms with Crippen LogP contribution in [0, 0.1) is 6.92 Å². The van der Waals surface area contributed by atoms with Crippen LogP contribution in [0.5, 0.6) is 0 Å². The van der Waals surface area contributed by atoms with Crippen molar-refractivity contribution in [3.63, 3.8) is 0 Å². The number of hydrogen-bond acceptors (Lipinski definition) is 3. The Bertz CT molecular complexity index is 554. The quantitative estimate of drug-likeness (QED) is 0.745. The van der Waals surface area contributed by atoms with E-state index in [0.717, 1.165) is 28.7 Å². The second kappa shape index (κ2) is 9.28. The van der Waals surface area contributed by atoms with Gasteiger partial charge in [-0.2, -0.15) is 0 Å². The van der Waals surface area contributed by atoms with Crippen LogP contribution in [0.3, 0.4) is 0 Å². The molecule has 5 heteroatoms. The molecule has 0 aliphatic heterocycles. The maximum atomic E-state index is 12.6. The summed E-state index contributed by atoms with van der Waals surface area (Å²) in [6, 6.07) is 6.14. The lowest BCUT2D eigenvalue weighted by Gasteiger charge is -2.23. The van der Waals surface area contributed by atoms with Gasteiger partial charge in [0, 0.05) is 18.8 Å². The molecule has 0 saturated heterocycles. The van der Waals surface area contributed by atoms with Gasteiger partial charge in [-0.3, -0.25) is 4.79 Å². The van der Waals surface area contributed by atoms with Crippen molar-refractivity contribution < 1.29 is 4.79 Å². The van der Waals surface area contributed by atoms with Crippen LogP contribution < -0.4 is 5.32 Å². The second-order valence-corrected chi connectivity index (χ2v) is 7.86. The topological polar surface area (TPSA) is 32.3 Å². The third-order valence-electron chi connectivity index (χ3n) is 3.84. The van der Waals surface area contributed by atoms with E-state index in [1.807, 2.05) is 26.0 Å². The van der Waals surface area contributed by atoms with Gasteiger partial charge in [-0.25, -0.2) is 0 Å². The number of nitrogens with zero attached hydrogens (tertiary/aromatic N) is 1. The number of benzene rings is 1. The molecule has 128 valence electrons. The molecule has 1 aromatic rings. The van der Waals surface area contributed by atoms with Crippen LogP contribution in [0.15, 0.2) is 18.2 Å². The summed E-state index contributed by atoms with van der Waals surface area (Å²) in [6.45, 7) is 14.1. The molecule has 3 nitrogen and oxygen atoms in total. The van der Waals surface area contributed by atoms with Gasteiger partial charge in [0.25, 0.3) is 0 Å². The van der Waals surface area contributed by atoms with Crippen LogP contribution in [-0.4, -0.2) is 33.5 Å². The maximum Gasteiger partial charge on any atom is 0.237 e. The molecule has 1 rings (SSSR count). The fourth-order valence-electron chi connectivity index (χ4n) is 2.33. The van der Waals surface area contributed by atoms with Gasteiger partial charge >= 0.3 is 0 Å². The van der Waals surface area contributed by atoms with Gasteiger partial charge in [-0.15, -0.1) is 0 Å². The first-order valence-corrected chi connectivity index (χ1v) is 9.46. The minimum atomic E-state index is -0.220. The number of nitrogens with one attached hydrogen (secondary N) is 1. The third kappa shape index (κ3) is 5.50. The van der Waals surface area contributed by atoms with Crippen LogP contribution in [0.2, 0.25) is 0 Å². The number of carbonyl (C=O) groups is 1. The van der Waals surface area contributed by atoms with Gasteiger partial charge in [-0.05, 0) is 44.7 Å². The van der Waals surface area contributed by atoms with E-state index in [9.17, 15) is 4.79 Å². The molecule has 0 aliphatic carbocycles. The van der Waals surface area contributed by atoms with Crippen molar-refractivity contribution in [2.24, 2.45) is 0 Å². The van der Waals surface area contributed by atoms with Crippen LogP contribution in [0.25, 0.3) is 0 Å². The summed E-state index contributed by atoms with van der Waals surface area (Å²) in [7, 11) is 0. The molecule has 0 fully saturated rings. The number of hydrogen-bond donors (Lipinski definition) is 1. The largest absolute Gasteiger partial charge is 0.358 e. The Labute approximate surface area is 150 Å². The highest BCUT2D eigenvalue weighted by Gasteiger charge is 2.20. The van der Waals surface area contributed by atoms with Gasteiger partial charge in [0.1, 0.15) is 4.32 Å². The first kappa shape index (κ1) is 20.0. The molecule has 0 aliphatic rings. The summed E-state index contributed by atoms with van der Waals surface area (Å²) in [4.78, 5) is 14.7. The van der Waals surface area contributed by atoms with E-state index in [1.165, 1.54) is 17.3 Å². The minimum absolute atomic E-state index is 0.000654. The molecule has 0 spiro atoms. The molecule has 0 unspecified atom stereocenters. The van der Waals surface area contributed by atoms with Gasteiger partial charge in [0.15, 0.2) is 0 Å². The second-order valence-electron chi connectivity index (χ2n) is 5.88. The number of para-hydroxylation sites is 1. The molecule has 0 aromatic heterocycles. The highest BCUT2D eigenvalue weighted by molar-refractivity contribution is 8.23. The van der Waals surface area contributed by atoms with E-state index in [2.05, 4.69) is 44.0 Å². The fraction of sp³-hybridized carbons (Fsp3) is 0.556. The molecule has 1 atom stereocenters. The van der Waals surface area contributed by atoms with Crippen molar-refractivity contribution >= 4 is 39.9 Å². The summed E-state index contributed by atoms with van der Waals surface area (Å²) in [5.74, 6) is 0.366. The monoisotopic (exact) mass is 352 g/mol. The molecular formula is C18H28N2OS2. The summed E-state index contributed by atoms with van der Waals surface area (Å²) in [5.41, 5.74) is 3.20. The van der Waals surface area contributed by atoms with E-state index >= 15 is 0 Å². The Morgan fingerprint density at radius 3 is 2.39 bits per heavy atom. The van der Waals surface area contributed by atoms with E-state index in [0.29, 0.717) is 5.92 Å². The third-order valence-corrected chi connectivity index (χ3v) is 5.42. The van der Waals surface area contributed by atoms with Crippen molar-refractivity contribution in [3.05, 3.63) is 29.3 Å². The smallest absolute Gasteiger partial charge is 0.237 e. The van der Waals surface area contributed by atoms with Crippen LogP contribution in [0.1, 0.15) is 51.7 Å². The van der Waals surface area contributed by atoms with Gasteiger partial charge in [0.05, 0.1) is 5.25 Å². The lowest BCUT2D eigenvalue weighted by molar-refractivity contribution is -0.115. The van der Waals surface area contributed by atoms with Crippen LogP contribution in [-0.2, 0) is 4.79 Å². The molecule has 1 aromatic carbocycles. The van der Waals surface area contributed by atoms with Crippen molar-refractivity contribution in [3.8, 4) is 0 Å². The SMILES string of the molecule is CCN(CC)C(=S)S[C@H](C)C(=O)Nc1c(C)cccc1C(C)C. The Morgan fingerprint density at radius 2 is 1.87 bits per heavy atom. The van der Waals surface area contributed by atoms with Gasteiger partial charge < -0.3 is 10.2 Å². The van der Waals surface area contributed by atoms with Crippen LogP contribution in [0.4, 0.5) is 5.69 Å². The number of carbonyl (C=O) groups excluding carboxylic acids is 1. The van der Waals surface area contributed by atoms with Gasteiger partial charge in [0.2, 0.25) is 5.91 Å². The Kier molecular flexibility index (Phi) is 8.06. The number of thiocarbonyl (C=S) groups is 1. The summed E-state index contributed by atoms with van der Waals surface area (Å²) in [6.07, 6.45) is 0. The average molecular weight is 353 g/mol. The van der Waals surface area contributed by atoms with Crippen molar-refractivity contribution in [2.45, 2.75) is 52.7 Å². The predicted octanol–water partition coefficient (Wildman–Crippen LogP) is 4.81. The number of amides is 1. The minimum Gasteiger partial charge on any atom is -0.358 e. The number of rotatable bonds is 6. The molecule has 1 amide bonds. The molecule has 0 saturated carbocycles. The van der Waals surface area contributed by atoms with Crippen LogP contribution >= 0.6 is 24.0 Å². The summed E-state index contributed by atoms with van der Waals surface area (Å²) < 4.78 is 0.784.